The molecule has 41 heavy (non-hydrogen) atoms. The highest BCUT2D eigenvalue weighted by atomic mass is 35.5. The molecule has 4 aromatic rings. The second-order valence-corrected chi connectivity index (χ2v) is 12.0. The number of anilines is 1. The number of amides is 2. The summed E-state index contributed by atoms with van der Waals surface area (Å²) < 4.78 is 11.6. The fourth-order valence-corrected chi connectivity index (χ4v) is 7.87. The summed E-state index contributed by atoms with van der Waals surface area (Å²) in [5, 5.41) is 11.4. The number of imide groups is 1. The standard InChI is InChI=1S/C28H20ClN3O7S2/c1-38-20-12-15(5-10-19(20)39-13-14-3-2-4-16(29)11-14)21-22-24(40-25-23(21)41-28(35)30-25)27(34)31(26(22)33)17-6-8-18(9-7-17)32(36)37/h2-12,21-22,24H,13H2,1H3,(H,30,35)/t21-,22+,24-/m0/s1. The number of aromatic amines is 1. The first kappa shape index (κ1) is 27.1. The number of fused-ring (bicyclic) bond motifs is 2. The minimum atomic E-state index is -0.815. The van der Waals surface area contributed by atoms with Gasteiger partial charge in [-0.3, -0.25) is 24.5 Å². The third-order valence-corrected chi connectivity index (χ3v) is 9.61. The lowest BCUT2D eigenvalue weighted by atomic mass is 9.83. The Morgan fingerprint density at radius 3 is 2.51 bits per heavy atom. The van der Waals surface area contributed by atoms with Crippen LogP contribution in [0.2, 0.25) is 5.02 Å². The van der Waals surface area contributed by atoms with Gasteiger partial charge in [0.2, 0.25) is 11.8 Å². The Hall–Kier alpha value is -4.13. The number of nitro groups is 1. The van der Waals surface area contributed by atoms with Crippen molar-refractivity contribution in [1.82, 2.24) is 4.98 Å². The van der Waals surface area contributed by atoms with Gasteiger partial charge in [-0.1, -0.05) is 52.9 Å². The first-order valence-electron chi connectivity index (χ1n) is 12.3. The van der Waals surface area contributed by atoms with Gasteiger partial charge in [0, 0.05) is 28.0 Å². The number of thioether (sulfide) groups is 1. The molecule has 0 bridgehead atoms. The van der Waals surface area contributed by atoms with E-state index in [4.69, 9.17) is 21.1 Å². The predicted octanol–water partition coefficient (Wildman–Crippen LogP) is 5.38. The van der Waals surface area contributed by atoms with E-state index in [1.54, 1.807) is 30.3 Å². The third kappa shape index (κ3) is 4.88. The molecule has 3 atom stereocenters. The monoisotopic (exact) mass is 609 g/mol. The van der Waals surface area contributed by atoms with Crippen LogP contribution in [-0.2, 0) is 16.2 Å². The molecule has 0 aliphatic carbocycles. The maximum atomic E-state index is 13.9. The average molecular weight is 610 g/mol. The number of nitrogens with one attached hydrogen (secondary N) is 1. The van der Waals surface area contributed by atoms with Crippen molar-refractivity contribution in [3.63, 3.8) is 0 Å². The molecule has 6 rings (SSSR count). The molecule has 208 valence electrons. The number of H-pyrrole nitrogens is 1. The summed E-state index contributed by atoms with van der Waals surface area (Å²) in [6, 6.07) is 17.9. The quantitative estimate of drug-likeness (QED) is 0.168. The van der Waals surface area contributed by atoms with E-state index in [9.17, 15) is 24.5 Å². The van der Waals surface area contributed by atoms with Gasteiger partial charge < -0.3 is 14.5 Å². The van der Waals surface area contributed by atoms with E-state index in [0.717, 1.165) is 33.6 Å². The molecular weight excluding hydrogens is 590 g/mol. The number of hydrogen-bond donors (Lipinski definition) is 1. The summed E-state index contributed by atoms with van der Waals surface area (Å²) in [4.78, 5) is 54.6. The van der Waals surface area contributed by atoms with E-state index in [1.165, 1.54) is 31.4 Å². The number of nitro benzene ring substituents is 1. The molecule has 1 aromatic heterocycles. The Labute approximate surface area is 246 Å². The maximum absolute atomic E-state index is 13.9. The van der Waals surface area contributed by atoms with E-state index >= 15 is 0 Å². The Kier molecular flexibility index (Phi) is 7.06. The van der Waals surface area contributed by atoms with Crippen LogP contribution in [0.1, 0.15) is 21.9 Å². The molecule has 0 radical (unpaired) electrons. The summed E-state index contributed by atoms with van der Waals surface area (Å²) in [7, 11) is 1.51. The number of carbonyl (C=O) groups excluding carboxylic acids is 2. The van der Waals surface area contributed by atoms with Gasteiger partial charge in [0.15, 0.2) is 11.5 Å². The lowest BCUT2D eigenvalue weighted by Gasteiger charge is -2.30. The minimum Gasteiger partial charge on any atom is -0.493 e. The van der Waals surface area contributed by atoms with Crippen LogP contribution in [0, 0.1) is 16.0 Å². The fourth-order valence-electron chi connectivity index (χ4n) is 5.14. The summed E-state index contributed by atoms with van der Waals surface area (Å²) in [5.74, 6) is -1.43. The van der Waals surface area contributed by atoms with Gasteiger partial charge in [0.25, 0.3) is 5.69 Å². The van der Waals surface area contributed by atoms with Gasteiger partial charge in [-0.05, 0) is 47.5 Å². The molecule has 2 aliphatic heterocycles. The van der Waals surface area contributed by atoms with E-state index in [1.807, 2.05) is 12.1 Å². The second kappa shape index (κ2) is 10.7. The van der Waals surface area contributed by atoms with Gasteiger partial charge in [-0.15, -0.1) is 0 Å². The molecule has 3 aromatic carbocycles. The van der Waals surface area contributed by atoms with Crippen molar-refractivity contribution < 1.29 is 24.0 Å². The molecule has 0 saturated carbocycles. The summed E-state index contributed by atoms with van der Waals surface area (Å²) >= 11 is 8.24. The van der Waals surface area contributed by atoms with Crippen LogP contribution >= 0.6 is 34.7 Å². The molecule has 2 aliphatic rings. The van der Waals surface area contributed by atoms with Crippen LogP contribution in [0.15, 0.2) is 76.6 Å². The number of thiazole rings is 1. The average Bonchev–Trinajstić information content (AvgIpc) is 3.46. The number of halogens is 1. The number of benzene rings is 3. The van der Waals surface area contributed by atoms with E-state index in [0.29, 0.717) is 32.0 Å². The SMILES string of the molecule is COc1cc([C@@H]2c3sc(=O)[nH]c3S[C@@H]3C(=O)N(c4ccc([N+](=O)[O-])cc4)C(=O)[C@H]23)ccc1OCc1cccc(Cl)c1. The van der Waals surface area contributed by atoms with Gasteiger partial charge >= 0.3 is 4.87 Å². The highest BCUT2D eigenvalue weighted by Gasteiger charge is 2.56. The molecule has 2 amide bonds. The molecule has 3 heterocycles. The van der Waals surface area contributed by atoms with Crippen LogP contribution in [0.25, 0.3) is 0 Å². The Balaban J connectivity index is 1.36. The largest absolute Gasteiger partial charge is 0.493 e. The minimum absolute atomic E-state index is 0.151. The van der Waals surface area contributed by atoms with Gasteiger partial charge in [-0.2, -0.15) is 0 Å². The Bertz CT molecular complexity index is 1750. The van der Waals surface area contributed by atoms with Crippen LogP contribution in [-0.4, -0.2) is 34.1 Å². The van der Waals surface area contributed by atoms with E-state index in [2.05, 4.69) is 4.98 Å². The van der Waals surface area contributed by atoms with E-state index < -0.39 is 33.8 Å². The van der Waals surface area contributed by atoms with Crippen LogP contribution < -0.4 is 19.2 Å². The Morgan fingerprint density at radius 1 is 1.02 bits per heavy atom. The molecule has 0 spiro atoms. The zero-order chi connectivity index (χ0) is 28.8. The molecule has 13 heteroatoms. The highest BCUT2D eigenvalue weighted by Crippen LogP contribution is 2.53. The van der Waals surface area contributed by atoms with E-state index in [-0.39, 0.29) is 22.9 Å². The lowest BCUT2D eigenvalue weighted by Crippen LogP contribution is -2.32. The number of methoxy groups -OCH3 is 1. The normalized spacial score (nSPS) is 19.6. The molecule has 0 unspecified atom stereocenters. The number of rotatable bonds is 7. The van der Waals surface area contributed by atoms with Crippen LogP contribution in [0.3, 0.4) is 0 Å². The molecule has 1 N–H and O–H groups in total. The number of aromatic nitrogens is 1. The third-order valence-electron chi connectivity index (χ3n) is 6.97. The van der Waals surface area contributed by atoms with Crippen molar-refractivity contribution in [3.05, 3.63) is 108 Å². The molecule has 1 fully saturated rings. The number of ether oxygens (including phenoxy) is 2. The predicted molar refractivity (Wildman–Crippen MR) is 154 cm³/mol. The maximum Gasteiger partial charge on any atom is 0.305 e. The number of nitrogens with zero attached hydrogens (tertiary/aromatic N) is 2. The topological polar surface area (TPSA) is 132 Å². The van der Waals surface area contributed by atoms with Crippen molar-refractivity contribution in [2.75, 3.05) is 12.0 Å². The number of hydrogen-bond acceptors (Lipinski definition) is 9. The summed E-state index contributed by atoms with van der Waals surface area (Å²) in [6.07, 6.45) is 0. The van der Waals surface area contributed by atoms with Crippen molar-refractivity contribution in [1.29, 1.82) is 0 Å². The zero-order valence-corrected chi connectivity index (χ0v) is 23.6. The fraction of sp³-hybridized carbons (Fsp3) is 0.179. The van der Waals surface area contributed by atoms with Crippen LogP contribution in [0.5, 0.6) is 11.5 Å². The second-order valence-electron chi connectivity index (χ2n) is 9.36. The summed E-state index contributed by atoms with van der Waals surface area (Å²) in [6.45, 7) is 0.252. The number of non-ortho nitro benzene ring substituents is 1. The summed E-state index contributed by atoms with van der Waals surface area (Å²) in [5.41, 5.74) is 1.65. The van der Waals surface area contributed by atoms with Crippen molar-refractivity contribution in [2.45, 2.75) is 22.8 Å². The first-order chi connectivity index (χ1) is 19.7. The van der Waals surface area contributed by atoms with Gasteiger partial charge in [0.1, 0.15) is 11.9 Å². The number of carbonyl (C=O) groups is 2. The highest BCUT2D eigenvalue weighted by molar-refractivity contribution is 8.00. The molecule has 10 nitrogen and oxygen atoms in total. The van der Waals surface area contributed by atoms with Crippen molar-refractivity contribution >= 4 is 57.9 Å². The van der Waals surface area contributed by atoms with Crippen LogP contribution in [0.4, 0.5) is 11.4 Å². The first-order valence-corrected chi connectivity index (χ1v) is 14.4. The van der Waals surface area contributed by atoms with Gasteiger partial charge in [0.05, 0.1) is 28.7 Å². The van der Waals surface area contributed by atoms with Crippen molar-refractivity contribution in [2.24, 2.45) is 5.92 Å². The zero-order valence-electron chi connectivity index (χ0n) is 21.2. The van der Waals surface area contributed by atoms with Crippen molar-refractivity contribution in [3.8, 4) is 11.5 Å². The Morgan fingerprint density at radius 2 is 1.80 bits per heavy atom. The smallest absolute Gasteiger partial charge is 0.305 e. The molecular formula is C28H20ClN3O7S2. The lowest BCUT2D eigenvalue weighted by molar-refractivity contribution is -0.384. The molecule has 1 saturated heterocycles. The van der Waals surface area contributed by atoms with Gasteiger partial charge in [-0.25, -0.2) is 4.90 Å².